The summed E-state index contributed by atoms with van der Waals surface area (Å²) in [6.45, 7) is 6.62. The van der Waals surface area contributed by atoms with Gasteiger partial charge in [0.05, 0.1) is 26.4 Å². The van der Waals surface area contributed by atoms with Gasteiger partial charge in [0.25, 0.3) is 0 Å². The molecule has 0 aliphatic heterocycles. The second kappa shape index (κ2) is 22.1. The second-order valence-corrected chi connectivity index (χ2v) is 7.48. The van der Waals surface area contributed by atoms with E-state index in [1.54, 1.807) is 0 Å². The highest BCUT2D eigenvalue weighted by Gasteiger charge is 2.12. The zero-order valence-electron chi connectivity index (χ0n) is 18.0. The van der Waals surface area contributed by atoms with Crippen molar-refractivity contribution in [1.82, 2.24) is 0 Å². The number of aliphatic hydroxyl groups is 2. The van der Waals surface area contributed by atoms with Crippen LogP contribution in [-0.4, -0.2) is 62.1 Å². The van der Waals surface area contributed by atoms with Crippen molar-refractivity contribution in [2.24, 2.45) is 0 Å². The molecule has 0 spiro atoms. The van der Waals surface area contributed by atoms with Gasteiger partial charge < -0.3 is 24.4 Å². The van der Waals surface area contributed by atoms with E-state index < -0.39 is 6.10 Å². The second-order valence-electron chi connectivity index (χ2n) is 7.48. The molecular weight excluding hydrogens is 344 g/mol. The van der Waals surface area contributed by atoms with Crippen LogP contribution in [0, 0.1) is 0 Å². The molecule has 0 rings (SSSR count). The van der Waals surface area contributed by atoms with Gasteiger partial charge in [-0.15, -0.1) is 0 Å². The monoisotopic (exact) mass is 390 g/mol. The lowest BCUT2D eigenvalue weighted by atomic mass is 10.1. The average Bonchev–Trinajstić information content (AvgIpc) is 2.69. The van der Waals surface area contributed by atoms with E-state index in [2.05, 4.69) is 13.8 Å². The fourth-order valence-electron chi connectivity index (χ4n) is 2.81. The van der Waals surface area contributed by atoms with Gasteiger partial charge >= 0.3 is 0 Å². The molecule has 5 heteroatoms. The van der Waals surface area contributed by atoms with E-state index in [0.29, 0.717) is 13.2 Å². The standard InChI is InChI=1S/C22H46O5/c1-3-5-7-8-9-10-11-12-13-14-16-26-20-22(19-25-15-6-4-2)27-18-21(24)17-23/h21-24H,3-20H2,1-2H3. The summed E-state index contributed by atoms with van der Waals surface area (Å²) in [5.41, 5.74) is 0. The molecule has 0 heterocycles. The minimum Gasteiger partial charge on any atom is -0.394 e. The first kappa shape index (κ1) is 26.8. The normalized spacial score (nSPS) is 13.8. The van der Waals surface area contributed by atoms with Crippen LogP contribution in [0.4, 0.5) is 0 Å². The number of ether oxygens (including phenoxy) is 3. The Kier molecular flexibility index (Phi) is 21.9. The molecule has 0 amide bonds. The zero-order valence-corrected chi connectivity index (χ0v) is 18.0. The number of hydrogen-bond acceptors (Lipinski definition) is 5. The Balaban J connectivity index is 3.60. The largest absolute Gasteiger partial charge is 0.394 e. The average molecular weight is 391 g/mol. The molecule has 2 unspecified atom stereocenters. The van der Waals surface area contributed by atoms with E-state index in [0.717, 1.165) is 32.5 Å². The summed E-state index contributed by atoms with van der Waals surface area (Å²) in [4.78, 5) is 0. The number of unbranched alkanes of at least 4 members (excludes halogenated alkanes) is 10. The summed E-state index contributed by atoms with van der Waals surface area (Å²) in [7, 11) is 0. The molecule has 0 saturated carbocycles. The van der Waals surface area contributed by atoms with Crippen molar-refractivity contribution in [1.29, 1.82) is 0 Å². The van der Waals surface area contributed by atoms with Crippen LogP contribution in [0.1, 0.15) is 90.9 Å². The first-order chi connectivity index (χ1) is 13.2. The summed E-state index contributed by atoms with van der Waals surface area (Å²) in [6.07, 6.45) is 14.3. The van der Waals surface area contributed by atoms with Crippen molar-refractivity contribution in [3.8, 4) is 0 Å². The van der Waals surface area contributed by atoms with E-state index in [1.807, 2.05) is 0 Å². The third-order valence-electron chi connectivity index (χ3n) is 4.63. The fourth-order valence-corrected chi connectivity index (χ4v) is 2.81. The third kappa shape index (κ3) is 20.3. The van der Waals surface area contributed by atoms with E-state index >= 15 is 0 Å². The molecule has 0 radical (unpaired) electrons. The van der Waals surface area contributed by atoms with Gasteiger partial charge in [0, 0.05) is 13.2 Å². The van der Waals surface area contributed by atoms with Crippen LogP contribution in [-0.2, 0) is 14.2 Å². The maximum Gasteiger partial charge on any atom is 0.104 e. The molecule has 0 aliphatic carbocycles. The summed E-state index contributed by atoms with van der Waals surface area (Å²) in [5, 5.41) is 18.3. The highest BCUT2D eigenvalue weighted by Crippen LogP contribution is 2.10. The maximum atomic E-state index is 9.43. The summed E-state index contributed by atoms with van der Waals surface area (Å²) in [6, 6.07) is 0. The molecule has 0 aromatic heterocycles. The summed E-state index contributed by atoms with van der Waals surface area (Å²) < 4.78 is 17.0. The first-order valence-corrected chi connectivity index (χ1v) is 11.3. The Morgan fingerprint density at radius 1 is 0.630 bits per heavy atom. The lowest BCUT2D eigenvalue weighted by Crippen LogP contribution is -2.31. The third-order valence-corrected chi connectivity index (χ3v) is 4.63. The Morgan fingerprint density at radius 2 is 1.11 bits per heavy atom. The van der Waals surface area contributed by atoms with E-state index in [-0.39, 0.29) is 19.3 Å². The van der Waals surface area contributed by atoms with Crippen molar-refractivity contribution >= 4 is 0 Å². The predicted octanol–water partition coefficient (Wildman–Crippen LogP) is 4.48. The Bertz CT molecular complexity index is 275. The van der Waals surface area contributed by atoms with Gasteiger partial charge in [-0.2, -0.15) is 0 Å². The van der Waals surface area contributed by atoms with Gasteiger partial charge in [-0.3, -0.25) is 0 Å². The number of rotatable bonds is 22. The topological polar surface area (TPSA) is 68.2 Å². The number of hydrogen-bond donors (Lipinski definition) is 2. The summed E-state index contributed by atoms with van der Waals surface area (Å²) in [5.74, 6) is 0. The van der Waals surface area contributed by atoms with Gasteiger partial charge in [-0.25, -0.2) is 0 Å². The Morgan fingerprint density at radius 3 is 1.63 bits per heavy atom. The van der Waals surface area contributed by atoms with Crippen molar-refractivity contribution in [3.63, 3.8) is 0 Å². The molecule has 5 nitrogen and oxygen atoms in total. The van der Waals surface area contributed by atoms with Crippen LogP contribution in [0.2, 0.25) is 0 Å². The van der Waals surface area contributed by atoms with Crippen molar-refractivity contribution in [3.05, 3.63) is 0 Å². The molecule has 0 saturated heterocycles. The molecule has 0 aliphatic rings. The predicted molar refractivity (Wildman–Crippen MR) is 111 cm³/mol. The lowest BCUT2D eigenvalue weighted by Gasteiger charge is -2.19. The molecule has 0 aromatic carbocycles. The van der Waals surface area contributed by atoms with Gasteiger partial charge in [0.2, 0.25) is 0 Å². The van der Waals surface area contributed by atoms with Crippen LogP contribution in [0.25, 0.3) is 0 Å². The lowest BCUT2D eigenvalue weighted by molar-refractivity contribution is -0.0882. The Labute approximate surface area is 167 Å². The van der Waals surface area contributed by atoms with Gasteiger partial charge in [0.1, 0.15) is 12.2 Å². The van der Waals surface area contributed by atoms with E-state index in [4.69, 9.17) is 19.3 Å². The molecule has 2 N–H and O–H groups in total. The van der Waals surface area contributed by atoms with Crippen LogP contribution in [0.3, 0.4) is 0 Å². The van der Waals surface area contributed by atoms with E-state index in [1.165, 1.54) is 57.8 Å². The molecule has 27 heavy (non-hydrogen) atoms. The minimum atomic E-state index is -0.842. The quantitative estimate of drug-likeness (QED) is 0.267. The first-order valence-electron chi connectivity index (χ1n) is 11.3. The van der Waals surface area contributed by atoms with Crippen LogP contribution in [0.5, 0.6) is 0 Å². The fraction of sp³-hybridized carbons (Fsp3) is 1.00. The van der Waals surface area contributed by atoms with Crippen molar-refractivity contribution < 1.29 is 24.4 Å². The zero-order chi connectivity index (χ0) is 20.0. The SMILES string of the molecule is CCCCCCCCCCCCOCC(COCCCC)OCC(O)CO. The molecule has 2 atom stereocenters. The molecular formula is C22H46O5. The van der Waals surface area contributed by atoms with Crippen LogP contribution in [0.15, 0.2) is 0 Å². The highest BCUT2D eigenvalue weighted by atomic mass is 16.6. The van der Waals surface area contributed by atoms with Crippen molar-refractivity contribution in [2.75, 3.05) is 39.6 Å². The minimum absolute atomic E-state index is 0.111. The van der Waals surface area contributed by atoms with Crippen LogP contribution < -0.4 is 0 Å². The summed E-state index contributed by atoms with van der Waals surface area (Å²) >= 11 is 0. The van der Waals surface area contributed by atoms with Gasteiger partial charge in [0.15, 0.2) is 0 Å². The smallest absolute Gasteiger partial charge is 0.104 e. The molecule has 0 bridgehead atoms. The van der Waals surface area contributed by atoms with Crippen LogP contribution >= 0.6 is 0 Å². The molecule has 0 aromatic rings. The Hall–Kier alpha value is -0.200. The van der Waals surface area contributed by atoms with E-state index in [9.17, 15) is 5.11 Å². The van der Waals surface area contributed by atoms with Crippen molar-refractivity contribution in [2.45, 2.75) is 103 Å². The highest BCUT2D eigenvalue weighted by molar-refractivity contribution is 4.59. The van der Waals surface area contributed by atoms with Gasteiger partial charge in [-0.05, 0) is 12.8 Å². The maximum absolute atomic E-state index is 9.43. The number of aliphatic hydroxyl groups excluding tert-OH is 2. The molecule has 0 fully saturated rings. The van der Waals surface area contributed by atoms with Gasteiger partial charge in [-0.1, -0.05) is 78.1 Å². The molecule has 164 valence electrons.